The maximum atomic E-state index is 13.7. The first-order chi connectivity index (χ1) is 14.9. The summed E-state index contributed by atoms with van der Waals surface area (Å²) in [6.07, 6.45) is 1.17. The molecule has 1 aromatic heterocycles. The molecule has 0 spiro atoms. The third-order valence-electron chi connectivity index (χ3n) is 6.26. The number of piperidine rings is 1. The number of halogens is 1. The Morgan fingerprint density at radius 3 is 2.61 bits per heavy atom. The van der Waals surface area contributed by atoms with Crippen LogP contribution in [0.3, 0.4) is 0 Å². The number of thiophene rings is 1. The maximum Gasteiger partial charge on any atom is 0.262 e. The van der Waals surface area contributed by atoms with E-state index < -0.39 is 5.54 Å². The van der Waals surface area contributed by atoms with E-state index in [1.807, 2.05) is 4.90 Å². The number of piperazine rings is 1. The number of aryl methyl sites for hydroxylation is 1. The first-order valence-electron chi connectivity index (χ1n) is 10.8. The zero-order valence-electron chi connectivity index (χ0n) is 18.0. The van der Waals surface area contributed by atoms with Crippen LogP contribution < -0.4 is 15.5 Å². The minimum atomic E-state index is -0.871. The van der Waals surface area contributed by atoms with Crippen LogP contribution in [-0.4, -0.2) is 61.0 Å². The number of nitrogens with zero attached hydrogens (tertiary/aromatic N) is 2. The fraction of sp³-hybridized carbons (Fsp3) is 0.478. The SMILES string of the molecule is Cc1cccc(N2CCN(C(=O)C3(NC(=O)c4ccc(Cl)s4)CCNCC3)CC2C)c1. The van der Waals surface area contributed by atoms with E-state index >= 15 is 0 Å². The van der Waals surface area contributed by atoms with Gasteiger partial charge in [-0.2, -0.15) is 0 Å². The summed E-state index contributed by atoms with van der Waals surface area (Å²) in [7, 11) is 0. The Bertz CT molecular complexity index is 957. The van der Waals surface area contributed by atoms with Crippen LogP contribution in [0.25, 0.3) is 0 Å². The second-order valence-electron chi connectivity index (χ2n) is 8.52. The van der Waals surface area contributed by atoms with Crippen molar-refractivity contribution >= 4 is 40.4 Å². The smallest absolute Gasteiger partial charge is 0.262 e. The van der Waals surface area contributed by atoms with Gasteiger partial charge in [0.1, 0.15) is 5.54 Å². The summed E-state index contributed by atoms with van der Waals surface area (Å²) in [4.78, 5) is 31.5. The van der Waals surface area contributed by atoms with Crippen LogP contribution in [0, 0.1) is 6.92 Å². The lowest BCUT2D eigenvalue weighted by Gasteiger charge is -2.46. The zero-order valence-corrected chi connectivity index (χ0v) is 19.6. The lowest BCUT2D eigenvalue weighted by molar-refractivity contribution is -0.140. The van der Waals surface area contributed by atoms with Gasteiger partial charge in [0.2, 0.25) is 5.91 Å². The van der Waals surface area contributed by atoms with Gasteiger partial charge in [0.05, 0.1) is 9.21 Å². The van der Waals surface area contributed by atoms with Gasteiger partial charge in [-0.25, -0.2) is 0 Å². The topological polar surface area (TPSA) is 64.7 Å². The molecule has 2 aliphatic heterocycles. The molecule has 0 aliphatic carbocycles. The highest BCUT2D eigenvalue weighted by Gasteiger charge is 2.45. The molecule has 2 fully saturated rings. The van der Waals surface area contributed by atoms with E-state index in [9.17, 15) is 9.59 Å². The van der Waals surface area contributed by atoms with Crippen LogP contribution in [0.5, 0.6) is 0 Å². The second-order valence-corrected chi connectivity index (χ2v) is 10.2. The first-order valence-corrected chi connectivity index (χ1v) is 12.0. The minimum Gasteiger partial charge on any atom is -0.365 e. The standard InChI is InChI=1S/C23H29ClN4O2S/c1-16-4-3-5-18(14-16)28-13-12-27(15-17(28)2)22(30)23(8-10-25-11-9-23)26-21(29)19-6-7-20(24)31-19/h3-7,14,17,25H,8-13,15H2,1-2H3,(H,26,29). The van der Waals surface area contributed by atoms with Crippen LogP contribution in [0.15, 0.2) is 36.4 Å². The number of rotatable bonds is 4. The molecular weight excluding hydrogens is 432 g/mol. The van der Waals surface area contributed by atoms with Gasteiger partial charge in [-0.05, 0) is 69.6 Å². The van der Waals surface area contributed by atoms with Crippen molar-refractivity contribution < 1.29 is 9.59 Å². The van der Waals surface area contributed by atoms with Crippen molar-refractivity contribution in [1.29, 1.82) is 0 Å². The van der Waals surface area contributed by atoms with Crippen molar-refractivity contribution in [3.63, 3.8) is 0 Å². The lowest BCUT2D eigenvalue weighted by Crippen LogP contribution is -2.66. The van der Waals surface area contributed by atoms with Crippen LogP contribution in [0.1, 0.15) is 35.0 Å². The van der Waals surface area contributed by atoms with Crippen molar-refractivity contribution in [3.05, 3.63) is 51.2 Å². The molecule has 166 valence electrons. The molecule has 0 radical (unpaired) electrons. The largest absolute Gasteiger partial charge is 0.365 e. The molecule has 4 rings (SSSR count). The third kappa shape index (κ3) is 4.73. The van der Waals surface area contributed by atoms with Gasteiger partial charge in [0, 0.05) is 31.4 Å². The van der Waals surface area contributed by atoms with E-state index in [0.717, 1.165) is 6.54 Å². The van der Waals surface area contributed by atoms with Crippen molar-refractivity contribution in [1.82, 2.24) is 15.5 Å². The highest BCUT2D eigenvalue weighted by Crippen LogP contribution is 2.28. The Hall–Kier alpha value is -2.09. The van der Waals surface area contributed by atoms with Crippen LogP contribution >= 0.6 is 22.9 Å². The van der Waals surface area contributed by atoms with Crippen LogP contribution in [-0.2, 0) is 4.79 Å². The molecule has 6 nitrogen and oxygen atoms in total. The molecule has 0 saturated carbocycles. The van der Waals surface area contributed by atoms with Crippen LogP contribution in [0.4, 0.5) is 5.69 Å². The molecule has 31 heavy (non-hydrogen) atoms. The predicted octanol–water partition coefficient (Wildman–Crippen LogP) is 3.30. The summed E-state index contributed by atoms with van der Waals surface area (Å²) in [5.41, 5.74) is 1.55. The number of carbonyl (C=O) groups is 2. The maximum absolute atomic E-state index is 13.7. The number of hydrogen-bond donors (Lipinski definition) is 2. The Morgan fingerprint density at radius 2 is 1.97 bits per heavy atom. The molecule has 2 saturated heterocycles. The van der Waals surface area contributed by atoms with Gasteiger partial charge in [-0.1, -0.05) is 23.7 Å². The Morgan fingerprint density at radius 1 is 1.19 bits per heavy atom. The molecule has 2 N–H and O–H groups in total. The lowest BCUT2D eigenvalue weighted by atomic mass is 9.86. The van der Waals surface area contributed by atoms with E-state index in [1.54, 1.807) is 12.1 Å². The van der Waals surface area contributed by atoms with Gasteiger partial charge in [0.25, 0.3) is 5.91 Å². The molecule has 3 heterocycles. The van der Waals surface area contributed by atoms with Gasteiger partial charge >= 0.3 is 0 Å². The van der Waals surface area contributed by atoms with Crippen molar-refractivity contribution in [3.8, 4) is 0 Å². The fourth-order valence-electron chi connectivity index (χ4n) is 4.60. The van der Waals surface area contributed by atoms with Gasteiger partial charge < -0.3 is 20.4 Å². The van der Waals surface area contributed by atoms with Crippen molar-refractivity contribution in [2.24, 2.45) is 0 Å². The molecular formula is C23H29ClN4O2S. The first kappa shape index (κ1) is 22.1. The predicted molar refractivity (Wildman–Crippen MR) is 126 cm³/mol. The Balaban J connectivity index is 1.49. The van der Waals surface area contributed by atoms with E-state index in [1.165, 1.54) is 22.6 Å². The minimum absolute atomic E-state index is 0.0285. The van der Waals surface area contributed by atoms with Gasteiger partial charge in [-0.3, -0.25) is 9.59 Å². The Labute approximate surface area is 192 Å². The quantitative estimate of drug-likeness (QED) is 0.734. The number of anilines is 1. The fourth-order valence-corrected chi connectivity index (χ4v) is 5.53. The highest BCUT2D eigenvalue weighted by atomic mass is 35.5. The third-order valence-corrected chi connectivity index (χ3v) is 7.49. The van der Waals surface area contributed by atoms with E-state index in [2.05, 4.69) is 53.6 Å². The second kappa shape index (κ2) is 9.18. The molecule has 1 aromatic carbocycles. The summed E-state index contributed by atoms with van der Waals surface area (Å²) < 4.78 is 0.567. The monoisotopic (exact) mass is 460 g/mol. The Kier molecular flexibility index (Phi) is 6.55. The number of nitrogens with one attached hydrogen (secondary N) is 2. The molecule has 1 atom stereocenters. The normalized spacial score (nSPS) is 21.1. The summed E-state index contributed by atoms with van der Waals surface area (Å²) >= 11 is 7.24. The van der Waals surface area contributed by atoms with Gasteiger partial charge in [-0.15, -0.1) is 11.3 Å². The molecule has 0 bridgehead atoms. The molecule has 8 heteroatoms. The summed E-state index contributed by atoms with van der Waals surface area (Å²) in [5, 5.41) is 6.40. The average Bonchev–Trinajstić information content (AvgIpc) is 3.20. The number of amides is 2. The van der Waals surface area contributed by atoms with E-state index in [0.29, 0.717) is 48.2 Å². The van der Waals surface area contributed by atoms with Crippen LogP contribution in [0.2, 0.25) is 4.34 Å². The number of carbonyl (C=O) groups excluding carboxylic acids is 2. The average molecular weight is 461 g/mol. The summed E-state index contributed by atoms with van der Waals surface area (Å²) in [6.45, 7) is 7.72. The highest BCUT2D eigenvalue weighted by molar-refractivity contribution is 7.18. The molecule has 2 aliphatic rings. The zero-order chi connectivity index (χ0) is 22.0. The van der Waals surface area contributed by atoms with Crippen molar-refractivity contribution in [2.75, 3.05) is 37.6 Å². The molecule has 1 unspecified atom stereocenters. The summed E-state index contributed by atoms with van der Waals surface area (Å²) in [5.74, 6) is -0.195. The summed E-state index contributed by atoms with van der Waals surface area (Å²) in [6, 6.07) is 12.1. The molecule has 2 amide bonds. The van der Waals surface area contributed by atoms with Gasteiger partial charge in [0.15, 0.2) is 0 Å². The molecule has 2 aromatic rings. The van der Waals surface area contributed by atoms with E-state index in [4.69, 9.17) is 11.6 Å². The number of hydrogen-bond acceptors (Lipinski definition) is 5. The van der Waals surface area contributed by atoms with Crippen molar-refractivity contribution in [2.45, 2.75) is 38.3 Å². The van der Waals surface area contributed by atoms with E-state index in [-0.39, 0.29) is 17.9 Å². The number of benzene rings is 1.